The summed E-state index contributed by atoms with van der Waals surface area (Å²) < 4.78 is 11.8. The summed E-state index contributed by atoms with van der Waals surface area (Å²) in [7, 11) is 0. The van der Waals surface area contributed by atoms with Gasteiger partial charge in [-0.2, -0.15) is 0 Å². The summed E-state index contributed by atoms with van der Waals surface area (Å²) in [4.78, 5) is 11.9. The van der Waals surface area contributed by atoms with Crippen molar-refractivity contribution in [2.75, 3.05) is 0 Å². The Balaban J connectivity index is 1.33. The summed E-state index contributed by atoms with van der Waals surface area (Å²) in [6.07, 6.45) is 0. The van der Waals surface area contributed by atoms with E-state index in [2.05, 4.69) is 0 Å². The number of benzene rings is 5. The van der Waals surface area contributed by atoms with Gasteiger partial charge < -0.3 is 14.6 Å². The first-order valence-electron chi connectivity index (χ1n) is 12.1. The molecule has 0 spiro atoms. The highest BCUT2D eigenvalue weighted by atomic mass is 16.5. The highest BCUT2D eigenvalue weighted by Gasteiger charge is 2.11. The quantitative estimate of drug-likeness (QED) is 0.230. The fourth-order valence-electron chi connectivity index (χ4n) is 4.05. The minimum absolute atomic E-state index is 0.237. The lowest BCUT2D eigenvalue weighted by atomic mass is 9.96. The molecule has 0 aliphatic carbocycles. The average molecular weight is 487 g/mol. The molecule has 0 aromatic heterocycles. The average Bonchev–Trinajstić information content (AvgIpc) is 2.96. The van der Waals surface area contributed by atoms with E-state index in [1.807, 2.05) is 115 Å². The van der Waals surface area contributed by atoms with Crippen LogP contribution < -0.4 is 9.47 Å². The molecule has 0 fully saturated rings. The van der Waals surface area contributed by atoms with Crippen LogP contribution in [0.3, 0.4) is 0 Å². The molecule has 0 saturated heterocycles. The fraction of sp³-hybridized carbons (Fsp3) is 0.0606. The van der Waals surface area contributed by atoms with Crippen LogP contribution >= 0.6 is 0 Å². The van der Waals surface area contributed by atoms with Crippen molar-refractivity contribution < 1.29 is 19.4 Å². The van der Waals surface area contributed by atoms with Crippen molar-refractivity contribution in [1.29, 1.82) is 0 Å². The Morgan fingerprint density at radius 1 is 0.514 bits per heavy atom. The van der Waals surface area contributed by atoms with Gasteiger partial charge in [-0.1, -0.05) is 84.9 Å². The van der Waals surface area contributed by atoms with Crippen molar-refractivity contribution in [2.45, 2.75) is 13.2 Å². The van der Waals surface area contributed by atoms with E-state index in [9.17, 15) is 9.90 Å². The maximum Gasteiger partial charge on any atom is 0.335 e. The highest BCUT2D eigenvalue weighted by molar-refractivity contribution is 5.92. The van der Waals surface area contributed by atoms with E-state index >= 15 is 0 Å². The van der Waals surface area contributed by atoms with Gasteiger partial charge in [0.2, 0.25) is 0 Å². The van der Waals surface area contributed by atoms with Crippen molar-refractivity contribution in [2.24, 2.45) is 0 Å². The van der Waals surface area contributed by atoms with Crippen molar-refractivity contribution in [1.82, 2.24) is 0 Å². The Labute approximate surface area is 216 Å². The molecule has 37 heavy (non-hydrogen) atoms. The molecule has 5 aromatic carbocycles. The minimum atomic E-state index is -0.964. The van der Waals surface area contributed by atoms with Crippen LogP contribution in [0, 0.1) is 0 Å². The smallest absolute Gasteiger partial charge is 0.335 e. The van der Waals surface area contributed by atoms with E-state index in [1.54, 1.807) is 12.1 Å². The molecule has 5 aromatic rings. The number of hydrogen-bond acceptors (Lipinski definition) is 3. The Morgan fingerprint density at radius 2 is 0.919 bits per heavy atom. The summed E-state index contributed by atoms with van der Waals surface area (Å²) in [5.74, 6) is 0.551. The van der Waals surface area contributed by atoms with Gasteiger partial charge in [0.25, 0.3) is 0 Å². The van der Waals surface area contributed by atoms with Gasteiger partial charge in [-0.05, 0) is 75.8 Å². The van der Waals surface area contributed by atoms with Crippen molar-refractivity contribution in [3.8, 4) is 33.8 Å². The number of carboxylic acids is 1. The normalized spacial score (nSPS) is 10.6. The molecule has 0 heterocycles. The maximum absolute atomic E-state index is 11.9. The molecule has 182 valence electrons. The highest BCUT2D eigenvalue weighted by Crippen LogP contribution is 2.31. The van der Waals surface area contributed by atoms with Gasteiger partial charge in [-0.3, -0.25) is 0 Å². The molecule has 0 amide bonds. The zero-order valence-corrected chi connectivity index (χ0v) is 20.2. The van der Waals surface area contributed by atoms with Crippen LogP contribution in [0.4, 0.5) is 0 Å². The van der Waals surface area contributed by atoms with Gasteiger partial charge >= 0.3 is 5.97 Å². The first-order chi connectivity index (χ1) is 18.1. The lowest BCUT2D eigenvalue weighted by Gasteiger charge is -2.11. The summed E-state index contributed by atoms with van der Waals surface area (Å²) in [6.45, 7) is 0.980. The van der Waals surface area contributed by atoms with Crippen LogP contribution in [0.1, 0.15) is 21.5 Å². The third-order valence-electron chi connectivity index (χ3n) is 6.05. The van der Waals surface area contributed by atoms with Gasteiger partial charge in [-0.15, -0.1) is 0 Å². The Morgan fingerprint density at radius 3 is 1.30 bits per heavy atom. The summed E-state index contributed by atoms with van der Waals surface area (Å²) in [5.41, 5.74) is 5.92. The first kappa shape index (κ1) is 23.9. The van der Waals surface area contributed by atoms with Crippen LogP contribution in [0.2, 0.25) is 0 Å². The summed E-state index contributed by atoms with van der Waals surface area (Å²) in [6, 6.07) is 40.8. The fourth-order valence-corrected chi connectivity index (χ4v) is 4.05. The largest absolute Gasteiger partial charge is 0.489 e. The zero-order valence-electron chi connectivity index (χ0n) is 20.2. The third kappa shape index (κ3) is 6.24. The van der Waals surface area contributed by atoms with Gasteiger partial charge in [0.1, 0.15) is 24.7 Å². The standard InChI is InChI=1S/C33H26O4/c34-33(35)30-20-28(26-11-15-31(16-12-26)36-22-24-7-3-1-4-8-24)19-29(21-30)27-13-17-32(18-14-27)37-23-25-9-5-2-6-10-25/h1-21H,22-23H2,(H,34,35). The molecule has 5 rings (SSSR count). The molecule has 0 aliphatic heterocycles. The molecule has 0 bridgehead atoms. The van der Waals surface area contributed by atoms with Crippen LogP contribution in [-0.4, -0.2) is 11.1 Å². The lowest BCUT2D eigenvalue weighted by molar-refractivity contribution is 0.0697. The summed E-state index contributed by atoms with van der Waals surface area (Å²) in [5, 5.41) is 9.73. The Hall–Kier alpha value is -4.83. The number of rotatable bonds is 9. The Kier molecular flexibility index (Phi) is 7.28. The second-order valence-corrected chi connectivity index (χ2v) is 8.70. The second kappa shape index (κ2) is 11.3. The third-order valence-corrected chi connectivity index (χ3v) is 6.05. The molecule has 0 saturated carbocycles. The SMILES string of the molecule is O=C(O)c1cc(-c2ccc(OCc3ccccc3)cc2)cc(-c2ccc(OCc3ccccc3)cc2)c1. The molecule has 0 aliphatic rings. The number of carboxylic acid groups (broad SMARTS) is 1. The lowest BCUT2D eigenvalue weighted by Crippen LogP contribution is -1.98. The molecule has 1 N–H and O–H groups in total. The van der Waals surface area contributed by atoms with E-state index in [1.165, 1.54) is 0 Å². The van der Waals surface area contributed by atoms with Crippen molar-refractivity contribution in [3.05, 3.63) is 144 Å². The number of ether oxygens (including phenoxy) is 2. The molecule has 0 atom stereocenters. The maximum atomic E-state index is 11.9. The molecule has 4 heteroatoms. The monoisotopic (exact) mass is 486 g/mol. The second-order valence-electron chi connectivity index (χ2n) is 8.70. The van der Waals surface area contributed by atoms with Gasteiger partial charge in [0.15, 0.2) is 0 Å². The summed E-state index contributed by atoms with van der Waals surface area (Å²) >= 11 is 0. The van der Waals surface area contributed by atoms with E-state index < -0.39 is 5.97 Å². The first-order valence-corrected chi connectivity index (χ1v) is 12.1. The van der Waals surface area contributed by atoms with Crippen LogP contribution in [0.25, 0.3) is 22.3 Å². The Bertz CT molecular complexity index is 1350. The molecular formula is C33H26O4. The minimum Gasteiger partial charge on any atom is -0.489 e. The predicted octanol–water partition coefficient (Wildman–Crippen LogP) is 7.88. The number of carbonyl (C=O) groups is 1. The van der Waals surface area contributed by atoms with E-state index in [-0.39, 0.29) is 5.56 Å². The molecule has 0 radical (unpaired) electrons. The molecule has 4 nitrogen and oxygen atoms in total. The van der Waals surface area contributed by atoms with Crippen LogP contribution in [0.5, 0.6) is 11.5 Å². The van der Waals surface area contributed by atoms with Gasteiger partial charge in [-0.25, -0.2) is 4.79 Å². The van der Waals surface area contributed by atoms with Crippen molar-refractivity contribution in [3.63, 3.8) is 0 Å². The van der Waals surface area contributed by atoms with Gasteiger partial charge in [0.05, 0.1) is 5.56 Å². The van der Waals surface area contributed by atoms with Crippen LogP contribution in [0.15, 0.2) is 127 Å². The topological polar surface area (TPSA) is 55.8 Å². The van der Waals surface area contributed by atoms with E-state index in [4.69, 9.17) is 9.47 Å². The predicted molar refractivity (Wildman–Crippen MR) is 146 cm³/mol. The van der Waals surface area contributed by atoms with Crippen LogP contribution in [-0.2, 0) is 13.2 Å². The molecule has 0 unspecified atom stereocenters. The number of hydrogen-bond donors (Lipinski definition) is 1. The van der Waals surface area contributed by atoms with Gasteiger partial charge in [0, 0.05) is 0 Å². The van der Waals surface area contributed by atoms with E-state index in [0.717, 1.165) is 44.9 Å². The zero-order chi connectivity index (χ0) is 25.5. The van der Waals surface area contributed by atoms with Crippen molar-refractivity contribution >= 4 is 5.97 Å². The van der Waals surface area contributed by atoms with E-state index in [0.29, 0.717) is 13.2 Å². The number of aromatic carboxylic acids is 1. The molecular weight excluding hydrogens is 460 g/mol.